The van der Waals surface area contributed by atoms with E-state index >= 15 is 0 Å². The third kappa shape index (κ3) is 2.76. The van der Waals surface area contributed by atoms with E-state index in [1.807, 2.05) is 0 Å². The molecule has 1 fully saturated rings. The van der Waals surface area contributed by atoms with Gasteiger partial charge in [-0.3, -0.25) is 9.59 Å². The number of aliphatic hydroxyl groups is 1. The van der Waals surface area contributed by atoms with Crippen LogP contribution in [0.1, 0.15) is 23.2 Å². The number of carbonyl (C=O) groups is 2. The normalized spacial score (nSPS) is 22.6. The van der Waals surface area contributed by atoms with E-state index in [1.54, 1.807) is 0 Å². The summed E-state index contributed by atoms with van der Waals surface area (Å²) in [6.45, 7) is 0.0969. The Labute approximate surface area is 120 Å². The van der Waals surface area contributed by atoms with Gasteiger partial charge in [0, 0.05) is 11.6 Å². The number of benzene rings is 1. The number of likely N-dealkylation sites (tertiary alicyclic amines) is 1. The molecule has 1 aliphatic rings. The van der Waals surface area contributed by atoms with Gasteiger partial charge in [0.05, 0.1) is 12.1 Å². The van der Waals surface area contributed by atoms with Crippen LogP contribution in [-0.2, 0) is 4.79 Å². The molecule has 3 N–H and O–H groups in total. The van der Waals surface area contributed by atoms with E-state index in [9.17, 15) is 19.1 Å². The van der Waals surface area contributed by atoms with Crippen LogP contribution >= 0.6 is 11.6 Å². The second-order valence-corrected chi connectivity index (χ2v) is 5.29. The van der Waals surface area contributed by atoms with Crippen molar-refractivity contribution in [2.24, 2.45) is 5.73 Å². The molecule has 0 unspecified atom stereocenters. The average molecular weight is 301 g/mol. The second-order valence-electron chi connectivity index (χ2n) is 4.85. The standard InChI is InChI=1S/C13H14ClFN2O3/c14-8-2-3-9(10(15)6-8)11(18)17-5-1-4-13(20,7-17)12(16)19/h2-3,6,20H,1,4-5,7H2,(H2,16,19)/t13-/m0/s1. The number of primary amides is 1. The van der Waals surface area contributed by atoms with Crippen LogP contribution in [0.2, 0.25) is 5.02 Å². The van der Waals surface area contributed by atoms with E-state index in [4.69, 9.17) is 17.3 Å². The third-order valence-electron chi connectivity index (χ3n) is 3.38. The second kappa shape index (κ2) is 5.38. The zero-order valence-electron chi connectivity index (χ0n) is 10.6. The molecule has 0 spiro atoms. The van der Waals surface area contributed by atoms with Crippen molar-refractivity contribution in [2.75, 3.05) is 13.1 Å². The number of hydrogen-bond donors (Lipinski definition) is 2. The molecule has 108 valence electrons. The fraction of sp³-hybridized carbons (Fsp3) is 0.385. The van der Waals surface area contributed by atoms with Crippen molar-refractivity contribution in [1.82, 2.24) is 4.90 Å². The van der Waals surface area contributed by atoms with Gasteiger partial charge >= 0.3 is 0 Å². The topological polar surface area (TPSA) is 83.6 Å². The fourth-order valence-corrected chi connectivity index (χ4v) is 2.40. The molecule has 1 aliphatic heterocycles. The molecule has 0 aromatic heterocycles. The van der Waals surface area contributed by atoms with Gasteiger partial charge in [-0.25, -0.2) is 4.39 Å². The molecule has 1 atom stereocenters. The highest BCUT2D eigenvalue weighted by molar-refractivity contribution is 6.30. The lowest BCUT2D eigenvalue weighted by Gasteiger charge is -2.37. The molecule has 0 bridgehead atoms. The predicted molar refractivity (Wildman–Crippen MR) is 70.7 cm³/mol. The van der Waals surface area contributed by atoms with E-state index < -0.39 is 23.2 Å². The van der Waals surface area contributed by atoms with Crippen LogP contribution in [0.25, 0.3) is 0 Å². The van der Waals surface area contributed by atoms with Crippen molar-refractivity contribution in [2.45, 2.75) is 18.4 Å². The minimum absolute atomic E-state index is 0.150. The summed E-state index contributed by atoms with van der Waals surface area (Å²) in [5, 5.41) is 10.2. The molecular formula is C13H14ClFN2O3. The number of piperidine rings is 1. The van der Waals surface area contributed by atoms with Crippen molar-refractivity contribution >= 4 is 23.4 Å². The Morgan fingerprint density at radius 1 is 1.45 bits per heavy atom. The van der Waals surface area contributed by atoms with Gasteiger partial charge in [-0.15, -0.1) is 0 Å². The Morgan fingerprint density at radius 3 is 2.75 bits per heavy atom. The van der Waals surface area contributed by atoms with Gasteiger partial charge in [0.2, 0.25) is 0 Å². The summed E-state index contributed by atoms with van der Waals surface area (Å²) >= 11 is 5.63. The Bertz CT molecular complexity index is 567. The number of amides is 2. The summed E-state index contributed by atoms with van der Waals surface area (Å²) in [4.78, 5) is 24.7. The van der Waals surface area contributed by atoms with Gasteiger partial charge in [0.1, 0.15) is 5.82 Å². The zero-order valence-corrected chi connectivity index (χ0v) is 11.4. The smallest absolute Gasteiger partial charge is 0.256 e. The third-order valence-corrected chi connectivity index (χ3v) is 3.61. The zero-order chi connectivity index (χ0) is 14.9. The lowest BCUT2D eigenvalue weighted by Crippen LogP contribution is -2.57. The number of rotatable bonds is 2. The predicted octanol–water partition coefficient (Wildman–Crippen LogP) is 0.931. The van der Waals surface area contributed by atoms with Crippen LogP contribution < -0.4 is 5.73 Å². The first-order valence-electron chi connectivity index (χ1n) is 6.10. The van der Waals surface area contributed by atoms with Crippen LogP contribution in [0.5, 0.6) is 0 Å². The number of halogens is 2. The summed E-state index contributed by atoms with van der Waals surface area (Å²) in [6.07, 6.45) is 0.607. The molecule has 1 aromatic carbocycles. The monoisotopic (exact) mass is 300 g/mol. The number of carbonyl (C=O) groups excluding carboxylic acids is 2. The summed E-state index contributed by atoms with van der Waals surface area (Å²) in [5.41, 5.74) is 3.23. The molecule has 5 nitrogen and oxygen atoms in total. The largest absolute Gasteiger partial charge is 0.378 e. The quantitative estimate of drug-likeness (QED) is 0.852. The van der Waals surface area contributed by atoms with Gasteiger partial charge in [-0.05, 0) is 31.0 Å². The van der Waals surface area contributed by atoms with Crippen LogP contribution in [0.15, 0.2) is 18.2 Å². The van der Waals surface area contributed by atoms with Gasteiger partial charge in [-0.1, -0.05) is 11.6 Å². The average Bonchev–Trinajstić information content (AvgIpc) is 2.38. The van der Waals surface area contributed by atoms with E-state index in [1.165, 1.54) is 17.0 Å². The molecule has 2 amide bonds. The minimum atomic E-state index is -1.75. The minimum Gasteiger partial charge on any atom is -0.378 e. The molecule has 1 saturated heterocycles. The lowest BCUT2D eigenvalue weighted by atomic mass is 9.92. The molecule has 2 rings (SSSR count). The molecule has 7 heteroatoms. The Kier molecular flexibility index (Phi) is 3.96. The SMILES string of the molecule is NC(=O)[C@]1(O)CCCN(C(=O)c2ccc(Cl)cc2F)C1. The van der Waals surface area contributed by atoms with E-state index in [2.05, 4.69) is 0 Å². The maximum absolute atomic E-state index is 13.7. The number of β-amino-alcohol motifs (C(OH)–C–C–N with tert-alkyl or cyclic N) is 1. The Balaban J connectivity index is 2.23. The summed E-state index contributed by atoms with van der Waals surface area (Å²) < 4.78 is 13.7. The Morgan fingerprint density at radius 2 is 2.15 bits per heavy atom. The van der Waals surface area contributed by atoms with Crippen molar-refractivity contribution in [1.29, 1.82) is 0 Å². The van der Waals surface area contributed by atoms with Crippen LogP contribution in [-0.4, -0.2) is 40.5 Å². The van der Waals surface area contributed by atoms with Crippen LogP contribution in [0.3, 0.4) is 0 Å². The molecule has 0 aliphatic carbocycles. The number of hydrogen-bond acceptors (Lipinski definition) is 3. The van der Waals surface area contributed by atoms with Crippen molar-refractivity contribution in [3.8, 4) is 0 Å². The highest BCUT2D eigenvalue weighted by Crippen LogP contribution is 2.24. The van der Waals surface area contributed by atoms with Crippen molar-refractivity contribution < 1.29 is 19.1 Å². The molecule has 0 saturated carbocycles. The van der Waals surface area contributed by atoms with Gasteiger partial charge < -0.3 is 15.7 Å². The first-order chi connectivity index (χ1) is 9.33. The van der Waals surface area contributed by atoms with Crippen molar-refractivity contribution in [3.63, 3.8) is 0 Å². The van der Waals surface area contributed by atoms with Crippen LogP contribution in [0, 0.1) is 5.82 Å². The molecule has 20 heavy (non-hydrogen) atoms. The number of nitrogens with two attached hydrogens (primary N) is 1. The summed E-state index contributed by atoms with van der Waals surface area (Å²) in [7, 11) is 0. The highest BCUT2D eigenvalue weighted by Gasteiger charge is 2.40. The molecular weight excluding hydrogens is 287 g/mol. The molecule has 1 heterocycles. The lowest BCUT2D eigenvalue weighted by molar-refractivity contribution is -0.140. The maximum Gasteiger partial charge on any atom is 0.256 e. The van der Waals surface area contributed by atoms with Gasteiger partial charge in [0.15, 0.2) is 5.60 Å². The highest BCUT2D eigenvalue weighted by atomic mass is 35.5. The maximum atomic E-state index is 13.7. The molecule has 1 aromatic rings. The number of nitrogens with zero attached hydrogens (tertiary/aromatic N) is 1. The first-order valence-corrected chi connectivity index (χ1v) is 6.48. The van der Waals surface area contributed by atoms with Crippen LogP contribution in [0.4, 0.5) is 4.39 Å². The molecule has 0 radical (unpaired) electrons. The first kappa shape index (κ1) is 14.7. The van der Waals surface area contributed by atoms with E-state index in [0.29, 0.717) is 13.0 Å². The van der Waals surface area contributed by atoms with E-state index in [0.717, 1.165) is 6.07 Å². The van der Waals surface area contributed by atoms with Gasteiger partial charge in [-0.2, -0.15) is 0 Å². The summed E-state index contributed by atoms with van der Waals surface area (Å²) in [5.74, 6) is -2.22. The summed E-state index contributed by atoms with van der Waals surface area (Å²) in [6, 6.07) is 3.72. The van der Waals surface area contributed by atoms with E-state index in [-0.39, 0.29) is 23.6 Å². The van der Waals surface area contributed by atoms with Gasteiger partial charge in [0.25, 0.3) is 11.8 Å². The Hall–Kier alpha value is -1.66. The fourth-order valence-electron chi connectivity index (χ4n) is 2.24. The van der Waals surface area contributed by atoms with Crippen molar-refractivity contribution in [3.05, 3.63) is 34.6 Å².